The van der Waals surface area contributed by atoms with Gasteiger partial charge in [-0.15, -0.1) is 0 Å². The van der Waals surface area contributed by atoms with Crippen molar-refractivity contribution in [2.45, 2.75) is 26.7 Å². The molecule has 1 heterocycles. The molecule has 4 aromatic rings. The molecule has 0 aliphatic heterocycles. The van der Waals surface area contributed by atoms with Crippen LogP contribution in [0.1, 0.15) is 26.7 Å². The zero-order valence-electron chi connectivity index (χ0n) is 19.7. The summed E-state index contributed by atoms with van der Waals surface area (Å²) < 4.78 is 41.1. The molecule has 0 spiro atoms. The van der Waals surface area contributed by atoms with Crippen LogP contribution in [0, 0.1) is 0 Å². The fourth-order valence-electron chi connectivity index (χ4n) is 3.66. The van der Waals surface area contributed by atoms with Gasteiger partial charge in [0.15, 0.2) is 0 Å². The molecule has 0 saturated carbocycles. The summed E-state index contributed by atoms with van der Waals surface area (Å²) in [6, 6.07) is 36.1. The van der Waals surface area contributed by atoms with Crippen molar-refractivity contribution in [1.82, 2.24) is 0 Å². The van der Waals surface area contributed by atoms with Crippen LogP contribution >= 0.6 is 0 Å². The predicted molar refractivity (Wildman–Crippen MR) is 137 cm³/mol. The van der Waals surface area contributed by atoms with Gasteiger partial charge in [-0.3, -0.25) is 0 Å². The van der Waals surface area contributed by atoms with E-state index < -0.39 is 7.25 Å². The summed E-state index contributed by atoms with van der Waals surface area (Å²) >= 11 is 0. The van der Waals surface area contributed by atoms with E-state index in [4.69, 9.17) is 5.10 Å². The van der Waals surface area contributed by atoms with Crippen molar-refractivity contribution in [2.24, 2.45) is 5.10 Å². The van der Waals surface area contributed by atoms with Gasteiger partial charge in [-0.05, 0) is 58.0 Å². The summed E-state index contributed by atoms with van der Waals surface area (Å²) in [6.07, 6.45) is 1.87. The zero-order valence-corrected chi connectivity index (χ0v) is 19.7. The highest BCUT2D eigenvalue weighted by Gasteiger charge is 2.24. The SMILES string of the molecule is CCC(CC)=N[n+]1c(-c2ccccc2)cc(-c2ccccc2)cc1-c1ccccc1.F[B-](F)(F)F. The van der Waals surface area contributed by atoms with Crippen molar-refractivity contribution < 1.29 is 21.9 Å². The Balaban J connectivity index is 0.000000623. The Hall–Kier alpha value is -3.74. The van der Waals surface area contributed by atoms with Crippen LogP contribution < -0.4 is 4.68 Å². The lowest BCUT2D eigenvalue weighted by molar-refractivity contribution is -0.656. The molecular formula is C28H27BF4N2. The maximum atomic E-state index is 9.75. The van der Waals surface area contributed by atoms with E-state index in [9.17, 15) is 17.3 Å². The fraction of sp³-hybridized carbons (Fsp3) is 0.143. The molecule has 0 radical (unpaired) electrons. The number of pyridine rings is 1. The van der Waals surface area contributed by atoms with Gasteiger partial charge in [0.25, 0.3) is 0 Å². The average Bonchev–Trinajstić information content (AvgIpc) is 2.87. The van der Waals surface area contributed by atoms with Crippen LogP contribution in [0.5, 0.6) is 0 Å². The van der Waals surface area contributed by atoms with Crippen LogP contribution in [0.2, 0.25) is 0 Å². The first-order valence-corrected chi connectivity index (χ1v) is 11.5. The third-order valence-electron chi connectivity index (χ3n) is 5.34. The van der Waals surface area contributed by atoms with Gasteiger partial charge < -0.3 is 17.3 Å². The summed E-state index contributed by atoms with van der Waals surface area (Å²) in [5.74, 6) is 0. The molecule has 180 valence electrons. The fourth-order valence-corrected chi connectivity index (χ4v) is 3.66. The molecule has 0 unspecified atom stereocenters. The summed E-state index contributed by atoms with van der Waals surface area (Å²) in [5.41, 5.74) is 8.07. The lowest BCUT2D eigenvalue weighted by Gasteiger charge is -2.09. The summed E-state index contributed by atoms with van der Waals surface area (Å²) in [7, 11) is -6.00. The number of hydrogen-bond acceptors (Lipinski definition) is 1. The van der Waals surface area contributed by atoms with E-state index in [1.807, 2.05) is 0 Å². The lowest BCUT2D eigenvalue weighted by atomic mass is 10.00. The number of hydrogen-bond donors (Lipinski definition) is 0. The molecule has 0 aliphatic carbocycles. The highest BCUT2D eigenvalue weighted by Crippen LogP contribution is 2.29. The number of nitrogens with zero attached hydrogens (tertiary/aromatic N) is 2. The van der Waals surface area contributed by atoms with Crippen molar-refractivity contribution in [3.05, 3.63) is 103 Å². The van der Waals surface area contributed by atoms with Gasteiger partial charge in [0.05, 0.1) is 5.71 Å². The molecule has 0 saturated heterocycles. The second-order valence-electron chi connectivity index (χ2n) is 7.79. The Morgan fingerprint density at radius 3 is 1.29 bits per heavy atom. The number of halogens is 4. The smallest absolute Gasteiger partial charge is 0.418 e. The Kier molecular flexibility index (Phi) is 8.95. The Morgan fingerprint density at radius 1 is 0.600 bits per heavy atom. The minimum atomic E-state index is -6.00. The van der Waals surface area contributed by atoms with Gasteiger partial charge in [0, 0.05) is 23.3 Å². The Labute approximate surface area is 203 Å². The van der Waals surface area contributed by atoms with E-state index in [0.29, 0.717) is 0 Å². The normalized spacial score (nSPS) is 10.8. The Bertz CT molecular complexity index is 1170. The van der Waals surface area contributed by atoms with Gasteiger partial charge in [0.2, 0.25) is 11.4 Å². The molecule has 0 fully saturated rings. The average molecular weight is 478 g/mol. The van der Waals surface area contributed by atoms with Crippen molar-refractivity contribution >= 4 is 13.0 Å². The third kappa shape index (κ3) is 7.64. The van der Waals surface area contributed by atoms with E-state index in [-0.39, 0.29) is 0 Å². The quantitative estimate of drug-likeness (QED) is 0.115. The maximum Gasteiger partial charge on any atom is 0.673 e. The molecular weight excluding hydrogens is 451 g/mol. The Morgan fingerprint density at radius 2 is 0.943 bits per heavy atom. The first kappa shape index (κ1) is 25.9. The van der Waals surface area contributed by atoms with Crippen LogP contribution in [-0.4, -0.2) is 13.0 Å². The summed E-state index contributed by atoms with van der Waals surface area (Å²) in [5, 5.41) is 5.12. The number of benzene rings is 3. The topological polar surface area (TPSA) is 16.2 Å². The van der Waals surface area contributed by atoms with Crippen molar-refractivity contribution in [2.75, 3.05) is 0 Å². The standard InChI is InChI=1S/C28H27N2.BF4/c1-3-26(4-2)29-30-27(23-16-10-6-11-17-23)20-25(22-14-8-5-9-15-22)21-28(30)24-18-12-7-13-19-24;2-1(3,4)5/h5-21H,3-4H2,1-2H3;/q+1;-1. The number of rotatable bonds is 6. The molecule has 2 nitrogen and oxygen atoms in total. The van der Waals surface area contributed by atoms with Crippen LogP contribution in [0.3, 0.4) is 0 Å². The van der Waals surface area contributed by atoms with Gasteiger partial charge in [-0.25, -0.2) is 0 Å². The van der Waals surface area contributed by atoms with E-state index in [1.165, 1.54) is 16.8 Å². The van der Waals surface area contributed by atoms with Gasteiger partial charge in [0.1, 0.15) is 0 Å². The molecule has 3 aromatic carbocycles. The van der Waals surface area contributed by atoms with E-state index >= 15 is 0 Å². The molecule has 0 N–H and O–H groups in total. The molecule has 0 amide bonds. The van der Waals surface area contributed by atoms with E-state index in [0.717, 1.165) is 35.4 Å². The lowest BCUT2D eigenvalue weighted by Crippen LogP contribution is -2.35. The van der Waals surface area contributed by atoms with Crippen molar-refractivity contribution in [1.29, 1.82) is 0 Å². The van der Waals surface area contributed by atoms with Gasteiger partial charge in [-0.2, -0.15) is 0 Å². The van der Waals surface area contributed by atoms with Crippen molar-refractivity contribution in [3.63, 3.8) is 0 Å². The first-order valence-electron chi connectivity index (χ1n) is 11.5. The maximum absolute atomic E-state index is 9.75. The zero-order chi connectivity index (χ0) is 25.3. The summed E-state index contributed by atoms with van der Waals surface area (Å²) in [6.45, 7) is 4.34. The highest BCUT2D eigenvalue weighted by atomic mass is 19.5. The number of aromatic nitrogens is 1. The molecule has 0 aliphatic rings. The predicted octanol–water partition coefficient (Wildman–Crippen LogP) is 8.30. The monoisotopic (exact) mass is 478 g/mol. The second kappa shape index (κ2) is 12.1. The first-order chi connectivity index (χ1) is 16.8. The summed E-state index contributed by atoms with van der Waals surface area (Å²) in [4.78, 5) is 0. The van der Waals surface area contributed by atoms with Crippen LogP contribution in [-0.2, 0) is 0 Å². The van der Waals surface area contributed by atoms with E-state index in [1.54, 1.807) is 0 Å². The van der Waals surface area contributed by atoms with E-state index in [2.05, 4.69) is 122 Å². The van der Waals surface area contributed by atoms with Crippen LogP contribution in [0.15, 0.2) is 108 Å². The molecule has 7 heteroatoms. The van der Waals surface area contributed by atoms with Crippen molar-refractivity contribution in [3.8, 4) is 33.6 Å². The molecule has 35 heavy (non-hydrogen) atoms. The highest BCUT2D eigenvalue weighted by molar-refractivity contribution is 6.50. The second-order valence-corrected chi connectivity index (χ2v) is 7.79. The van der Waals surface area contributed by atoms with Gasteiger partial charge in [-0.1, -0.05) is 80.6 Å². The van der Waals surface area contributed by atoms with Crippen LogP contribution in [0.4, 0.5) is 17.3 Å². The molecule has 1 aromatic heterocycles. The third-order valence-corrected chi connectivity index (χ3v) is 5.34. The molecule has 4 rings (SSSR count). The molecule has 0 atom stereocenters. The van der Waals surface area contributed by atoms with Crippen LogP contribution in [0.25, 0.3) is 33.6 Å². The molecule has 0 bridgehead atoms. The minimum Gasteiger partial charge on any atom is -0.418 e. The van der Waals surface area contributed by atoms with Gasteiger partial charge >= 0.3 is 7.25 Å². The largest absolute Gasteiger partial charge is 0.673 e. The minimum absolute atomic E-state index is 0.937.